The summed E-state index contributed by atoms with van der Waals surface area (Å²) < 4.78 is 33.6. The quantitative estimate of drug-likeness (QED) is 0.345. The van der Waals surface area contributed by atoms with E-state index in [1.807, 2.05) is 0 Å². The number of para-hydroxylation sites is 1. The van der Waals surface area contributed by atoms with E-state index in [9.17, 15) is 18.0 Å². The third-order valence-corrected chi connectivity index (χ3v) is 7.25. The minimum absolute atomic E-state index is 0.0589. The molecule has 8 nitrogen and oxygen atoms in total. The van der Waals surface area contributed by atoms with E-state index >= 15 is 0 Å². The number of hydrogen-bond donors (Lipinski definition) is 2. The number of carbonyl (C=O) groups excluding carboxylic acids is 2. The Hall–Kier alpha value is -3.21. The molecule has 0 aliphatic carbocycles. The molecule has 2 N–H and O–H groups in total. The average molecular weight is 560 g/mol. The van der Waals surface area contributed by atoms with Crippen molar-refractivity contribution in [3.05, 3.63) is 88.9 Å². The van der Waals surface area contributed by atoms with Gasteiger partial charge >= 0.3 is 0 Å². The monoisotopic (exact) mass is 559 g/mol. The fourth-order valence-corrected chi connectivity index (χ4v) is 5.11. The van der Waals surface area contributed by atoms with Crippen LogP contribution in [0.25, 0.3) is 0 Å². The van der Waals surface area contributed by atoms with Crippen LogP contribution in [0.4, 0.5) is 11.4 Å². The second-order valence-corrected chi connectivity index (χ2v) is 10.3. The van der Waals surface area contributed by atoms with Crippen LogP contribution in [0.2, 0.25) is 0 Å². The van der Waals surface area contributed by atoms with Gasteiger partial charge in [0.15, 0.2) is 0 Å². The maximum absolute atomic E-state index is 13.4. The van der Waals surface area contributed by atoms with Crippen molar-refractivity contribution < 1.29 is 22.7 Å². The Kier molecular flexibility index (Phi) is 9.41. The fourth-order valence-electron chi connectivity index (χ4n) is 3.29. The molecule has 0 fully saturated rings. The van der Waals surface area contributed by atoms with Crippen molar-refractivity contribution in [2.24, 2.45) is 0 Å². The third-order valence-electron chi connectivity index (χ3n) is 4.97. The largest absolute Gasteiger partial charge is 0.385 e. The van der Waals surface area contributed by atoms with Crippen molar-refractivity contribution in [3.8, 4) is 0 Å². The van der Waals surface area contributed by atoms with Crippen LogP contribution in [0.3, 0.4) is 0 Å². The van der Waals surface area contributed by atoms with Gasteiger partial charge in [-0.05, 0) is 48.9 Å². The Labute approximate surface area is 213 Å². The maximum atomic E-state index is 13.4. The van der Waals surface area contributed by atoms with E-state index in [0.29, 0.717) is 29.7 Å². The van der Waals surface area contributed by atoms with Gasteiger partial charge in [-0.15, -0.1) is 0 Å². The standard InChI is InChI=1S/C25H26BrN3O5S/c1-34-16-8-15-27-25(31)22-13-5-6-14-23(22)28-24(30)18-29(20-10-7-9-19(26)17-20)35(32,33)21-11-3-2-4-12-21/h2-7,9-14,17H,8,15-16,18H2,1H3,(H,27,31)(H,28,30). The zero-order valence-corrected chi connectivity index (χ0v) is 21.5. The second kappa shape index (κ2) is 12.5. The van der Waals surface area contributed by atoms with Crippen LogP contribution in [-0.4, -0.2) is 47.0 Å². The first kappa shape index (κ1) is 26.4. The van der Waals surface area contributed by atoms with Gasteiger partial charge in [0, 0.05) is 24.7 Å². The highest BCUT2D eigenvalue weighted by molar-refractivity contribution is 9.10. The average Bonchev–Trinajstić information content (AvgIpc) is 2.86. The van der Waals surface area contributed by atoms with E-state index in [4.69, 9.17) is 4.74 Å². The zero-order valence-electron chi connectivity index (χ0n) is 19.1. The minimum atomic E-state index is -4.04. The highest BCUT2D eigenvalue weighted by atomic mass is 79.9. The lowest BCUT2D eigenvalue weighted by atomic mass is 10.1. The molecule has 0 atom stereocenters. The topological polar surface area (TPSA) is 105 Å². The summed E-state index contributed by atoms with van der Waals surface area (Å²) in [6.45, 7) is 0.443. The molecule has 0 aliphatic rings. The molecule has 3 aromatic rings. The smallest absolute Gasteiger partial charge is 0.264 e. The molecule has 0 saturated carbocycles. The van der Waals surface area contributed by atoms with E-state index in [2.05, 4.69) is 26.6 Å². The normalized spacial score (nSPS) is 11.0. The first-order chi connectivity index (χ1) is 16.8. The summed E-state index contributed by atoms with van der Waals surface area (Å²) in [5.74, 6) is -0.943. The number of rotatable bonds is 11. The molecule has 0 bridgehead atoms. The van der Waals surface area contributed by atoms with Crippen molar-refractivity contribution in [3.63, 3.8) is 0 Å². The summed E-state index contributed by atoms with van der Waals surface area (Å²) in [5.41, 5.74) is 0.883. The molecule has 0 aliphatic heterocycles. The van der Waals surface area contributed by atoms with Crippen molar-refractivity contribution in [1.29, 1.82) is 0 Å². The summed E-state index contributed by atoms with van der Waals surface area (Å²) in [6, 6.07) is 21.1. The van der Waals surface area contributed by atoms with E-state index in [1.54, 1.807) is 73.8 Å². The Balaban J connectivity index is 1.84. The Bertz CT molecular complexity index is 1270. The highest BCUT2D eigenvalue weighted by Crippen LogP contribution is 2.26. The summed E-state index contributed by atoms with van der Waals surface area (Å²) in [7, 11) is -2.46. The highest BCUT2D eigenvalue weighted by Gasteiger charge is 2.27. The van der Waals surface area contributed by atoms with Crippen LogP contribution >= 0.6 is 15.9 Å². The van der Waals surface area contributed by atoms with Gasteiger partial charge in [0.05, 0.1) is 21.8 Å². The lowest BCUT2D eigenvalue weighted by Gasteiger charge is -2.24. The first-order valence-corrected chi connectivity index (χ1v) is 13.1. The Morgan fingerprint density at radius 3 is 2.40 bits per heavy atom. The van der Waals surface area contributed by atoms with Crippen LogP contribution in [0.1, 0.15) is 16.8 Å². The number of hydrogen-bond acceptors (Lipinski definition) is 5. The minimum Gasteiger partial charge on any atom is -0.385 e. The van der Waals surface area contributed by atoms with Gasteiger partial charge in [-0.1, -0.05) is 52.3 Å². The molecule has 0 unspecified atom stereocenters. The Morgan fingerprint density at radius 2 is 1.69 bits per heavy atom. The number of nitrogens with one attached hydrogen (secondary N) is 2. The number of carbonyl (C=O) groups is 2. The molecule has 0 saturated heterocycles. The number of ether oxygens (including phenoxy) is 1. The van der Waals surface area contributed by atoms with Gasteiger partial charge < -0.3 is 15.4 Å². The van der Waals surface area contributed by atoms with E-state index in [0.717, 1.165) is 4.31 Å². The van der Waals surface area contributed by atoms with Gasteiger partial charge in [0.1, 0.15) is 6.54 Å². The Morgan fingerprint density at radius 1 is 0.971 bits per heavy atom. The third kappa shape index (κ3) is 7.14. The molecule has 184 valence electrons. The van der Waals surface area contributed by atoms with E-state index < -0.39 is 22.5 Å². The maximum Gasteiger partial charge on any atom is 0.264 e. The molecule has 2 amide bonds. The molecular weight excluding hydrogens is 534 g/mol. The molecule has 3 aromatic carbocycles. The number of amides is 2. The zero-order chi connectivity index (χ0) is 25.3. The van der Waals surface area contributed by atoms with Gasteiger partial charge in [-0.25, -0.2) is 8.42 Å². The second-order valence-electron chi connectivity index (χ2n) is 7.50. The molecule has 0 aromatic heterocycles. The molecule has 0 radical (unpaired) electrons. The van der Waals surface area contributed by atoms with Gasteiger partial charge in [0.2, 0.25) is 5.91 Å². The summed E-state index contributed by atoms with van der Waals surface area (Å²) in [4.78, 5) is 25.7. The van der Waals surface area contributed by atoms with Gasteiger partial charge in [-0.3, -0.25) is 13.9 Å². The van der Waals surface area contributed by atoms with Crippen LogP contribution in [-0.2, 0) is 19.6 Å². The molecule has 35 heavy (non-hydrogen) atoms. The number of methoxy groups -OCH3 is 1. The number of sulfonamides is 1. The van der Waals surface area contributed by atoms with E-state index in [-0.39, 0.29) is 22.1 Å². The number of nitrogens with zero attached hydrogens (tertiary/aromatic N) is 1. The lowest BCUT2D eigenvalue weighted by Crippen LogP contribution is -2.38. The first-order valence-electron chi connectivity index (χ1n) is 10.8. The predicted octanol–water partition coefficient (Wildman–Crippen LogP) is 4.05. The number of halogens is 1. The summed E-state index contributed by atoms with van der Waals surface area (Å²) in [6.07, 6.45) is 0.649. The van der Waals surface area contributed by atoms with Crippen molar-refractivity contribution >= 4 is 49.1 Å². The van der Waals surface area contributed by atoms with E-state index in [1.165, 1.54) is 12.1 Å². The predicted molar refractivity (Wildman–Crippen MR) is 139 cm³/mol. The molecule has 10 heteroatoms. The molecule has 3 rings (SSSR count). The molecule has 0 spiro atoms. The SMILES string of the molecule is COCCCNC(=O)c1ccccc1NC(=O)CN(c1cccc(Br)c1)S(=O)(=O)c1ccccc1. The lowest BCUT2D eigenvalue weighted by molar-refractivity contribution is -0.114. The van der Waals surface area contributed by atoms with Crippen molar-refractivity contribution in [1.82, 2.24) is 5.32 Å². The van der Waals surface area contributed by atoms with Crippen LogP contribution in [0.15, 0.2) is 88.2 Å². The number of anilines is 2. The van der Waals surface area contributed by atoms with Gasteiger partial charge in [0.25, 0.3) is 15.9 Å². The van der Waals surface area contributed by atoms with Crippen molar-refractivity contribution in [2.45, 2.75) is 11.3 Å². The van der Waals surface area contributed by atoms with Crippen molar-refractivity contribution in [2.75, 3.05) is 36.4 Å². The summed E-state index contributed by atoms with van der Waals surface area (Å²) >= 11 is 3.35. The van der Waals surface area contributed by atoms with Crippen LogP contribution < -0.4 is 14.9 Å². The van der Waals surface area contributed by atoms with Crippen LogP contribution in [0.5, 0.6) is 0 Å². The molecular formula is C25H26BrN3O5S. The van der Waals surface area contributed by atoms with Gasteiger partial charge in [-0.2, -0.15) is 0 Å². The molecule has 0 heterocycles. The summed E-state index contributed by atoms with van der Waals surface area (Å²) in [5, 5.41) is 5.47. The van der Waals surface area contributed by atoms with Crippen LogP contribution in [0, 0.1) is 0 Å². The fraction of sp³-hybridized carbons (Fsp3) is 0.200. The number of benzene rings is 3.